The summed E-state index contributed by atoms with van der Waals surface area (Å²) in [4.78, 5) is 6.86. The highest BCUT2D eigenvalue weighted by molar-refractivity contribution is 5.86. The van der Waals surface area contributed by atoms with Gasteiger partial charge in [-0.2, -0.15) is 0 Å². The van der Waals surface area contributed by atoms with Crippen molar-refractivity contribution in [2.45, 2.75) is 18.9 Å². The summed E-state index contributed by atoms with van der Waals surface area (Å²) in [6.07, 6.45) is 12.7. The van der Waals surface area contributed by atoms with Crippen molar-refractivity contribution in [3.8, 4) is 17.1 Å². The van der Waals surface area contributed by atoms with Crippen LogP contribution in [0, 0.1) is 0 Å². The van der Waals surface area contributed by atoms with Gasteiger partial charge in [-0.25, -0.2) is 0 Å². The highest BCUT2D eigenvalue weighted by Gasteiger charge is 2.26. The van der Waals surface area contributed by atoms with Crippen molar-refractivity contribution in [3.63, 3.8) is 0 Å². The van der Waals surface area contributed by atoms with Crippen molar-refractivity contribution >= 4 is 22.2 Å². The van der Waals surface area contributed by atoms with Crippen LogP contribution in [0.2, 0.25) is 0 Å². The van der Waals surface area contributed by atoms with E-state index >= 15 is 0 Å². The van der Waals surface area contributed by atoms with Crippen molar-refractivity contribution in [1.82, 2.24) is 19.7 Å². The molecule has 158 valence electrons. The summed E-state index contributed by atoms with van der Waals surface area (Å²) in [7, 11) is 1.68. The van der Waals surface area contributed by atoms with Gasteiger partial charge in [0.2, 0.25) is 0 Å². The van der Waals surface area contributed by atoms with Crippen LogP contribution in [0.15, 0.2) is 79.4 Å². The fourth-order valence-corrected chi connectivity index (χ4v) is 4.19. The summed E-state index contributed by atoms with van der Waals surface area (Å²) in [5, 5.41) is 9.59. The summed E-state index contributed by atoms with van der Waals surface area (Å²) in [5.41, 5.74) is 5.48. The number of ether oxygens (including phenoxy) is 1. The van der Waals surface area contributed by atoms with E-state index in [1.807, 2.05) is 30.7 Å². The minimum absolute atomic E-state index is 0.555. The van der Waals surface area contributed by atoms with E-state index in [0.717, 1.165) is 45.8 Å². The van der Waals surface area contributed by atoms with Gasteiger partial charge in [0.15, 0.2) is 5.82 Å². The molecular weight excluding hydrogens is 398 g/mol. The maximum absolute atomic E-state index is 5.36. The van der Waals surface area contributed by atoms with Gasteiger partial charge in [-0.3, -0.25) is 4.98 Å². The molecule has 0 unspecified atom stereocenters. The van der Waals surface area contributed by atoms with E-state index in [0.29, 0.717) is 6.04 Å². The Morgan fingerprint density at radius 1 is 1.03 bits per heavy atom. The SMILES string of the molecule is COc1ccc2ncc(C3=CCN(c4cccc(-c5nncn5C5CC5)c4)C=C3)cc2c1. The van der Waals surface area contributed by atoms with Crippen molar-refractivity contribution in [2.75, 3.05) is 18.6 Å². The van der Waals surface area contributed by atoms with Gasteiger partial charge < -0.3 is 14.2 Å². The van der Waals surface area contributed by atoms with Gasteiger partial charge in [-0.1, -0.05) is 18.2 Å². The topological polar surface area (TPSA) is 56.1 Å². The van der Waals surface area contributed by atoms with Crippen LogP contribution in [0.4, 0.5) is 5.69 Å². The predicted molar refractivity (Wildman–Crippen MR) is 126 cm³/mol. The lowest BCUT2D eigenvalue weighted by molar-refractivity contribution is 0.415. The molecule has 1 aliphatic carbocycles. The Morgan fingerprint density at radius 3 is 2.78 bits per heavy atom. The Morgan fingerprint density at radius 2 is 1.97 bits per heavy atom. The third kappa shape index (κ3) is 3.43. The van der Waals surface area contributed by atoms with Crippen LogP contribution in [0.25, 0.3) is 27.9 Å². The molecule has 4 aromatic rings. The Balaban J connectivity index is 1.24. The molecule has 6 heteroatoms. The molecular formula is C26H23N5O. The molecule has 0 saturated heterocycles. The van der Waals surface area contributed by atoms with Gasteiger partial charge in [0, 0.05) is 47.2 Å². The first-order valence-electron chi connectivity index (χ1n) is 10.9. The first kappa shape index (κ1) is 18.8. The molecule has 0 amide bonds. The number of allylic oxidation sites excluding steroid dienone is 2. The largest absolute Gasteiger partial charge is 0.497 e. The summed E-state index contributed by atoms with van der Waals surface area (Å²) < 4.78 is 7.56. The van der Waals surface area contributed by atoms with Gasteiger partial charge in [-0.15, -0.1) is 10.2 Å². The first-order valence-corrected chi connectivity index (χ1v) is 10.9. The number of benzene rings is 2. The van der Waals surface area contributed by atoms with Crippen LogP contribution in [-0.2, 0) is 0 Å². The Hall–Kier alpha value is -3.93. The first-order chi connectivity index (χ1) is 15.8. The number of anilines is 1. The molecule has 6 nitrogen and oxygen atoms in total. The van der Waals surface area contributed by atoms with Crippen LogP contribution >= 0.6 is 0 Å². The molecule has 6 rings (SSSR count). The molecule has 3 heterocycles. The Labute approximate surface area is 186 Å². The zero-order valence-electron chi connectivity index (χ0n) is 17.8. The molecule has 2 aromatic carbocycles. The van der Waals surface area contributed by atoms with E-state index in [2.05, 4.69) is 73.3 Å². The molecule has 32 heavy (non-hydrogen) atoms. The van der Waals surface area contributed by atoms with E-state index in [1.54, 1.807) is 7.11 Å². The van der Waals surface area contributed by atoms with Gasteiger partial charge in [-0.05, 0) is 60.9 Å². The molecule has 2 aliphatic rings. The van der Waals surface area contributed by atoms with Crippen molar-refractivity contribution < 1.29 is 4.74 Å². The third-order valence-electron chi connectivity index (χ3n) is 6.11. The number of hydrogen-bond donors (Lipinski definition) is 0. The number of nitrogens with zero attached hydrogens (tertiary/aromatic N) is 5. The zero-order chi connectivity index (χ0) is 21.5. The third-order valence-corrected chi connectivity index (χ3v) is 6.11. The highest BCUT2D eigenvalue weighted by atomic mass is 16.5. The second kappa shape index (κ2) is 7.64. The summed E-state index contributed by atoms with van der Waals surface area (Å²) in [5.74, 6) is 1.79. The van der Waals surface area contributed by atoms with E-state index in [1.165, 1.54) is 18.4 Å². The number of fused-ring (bicyclic) bond motifs is 1. The molecule has 0 spiro atoms. The minimum Gasteiger partial charge on any atom is -0.497 e. The predicted octanol–water partition coefficient (Wildman–Crippen LogP) is 5.25. The van der Waals surface area contributed by atoms with E-state index in [-0.39, 0.29) is 0 Å². The van der Waals surface area contributed by atoms with Crippen LogP contribution < -0.4 is 9.64 Å². The zero-order valence-corrected chi connectivity index (χ0v) is 17.8. The second-order valence-corrected chi connectivity index (χ2v) is 8.25. The quantitative estimate of drug-likeness (QED) is 0.440. The highest BCUT2D eigenvalue weighted by Crippen LogP contribution is 2.38. The van der Waals surface area contributed by atoms with Gasteiger partial charge in [0.1, 0.15) is 12.1 Å². The summed E-state index contributed by atoms with van der Waals surface area (Å²) >= 11 is 0. The summed E-state index contributed by atoms with van der Waals surface area (Å²) in [6.45, 7) is 0.792. The fourth-order valence-electron chi connectivity index (χ4n) is 4.19. The van der Waals surface area contributed by atoms with Crippen LogP contribution in [0.5, 0.6) is 5.75 Å². The summed E-state index contributed by atoms with van der Waals surface area (Å²) in [6, 6.07) is 17.2. The molecule has 1 aliphatic heterocycles. The molecule has 1 fully saturated rings. The van der Waals surface area contributed by atoms with Crippen molar-refractivity contribution in [1.29, 1.82) is 0 Å². The van der Waals surface area contributed by atoms with E-state index in [9.17, 15) is 0 Å². The molecule has 1 saturated carbocycles. The number of methoxy groups -OCH3 is 1. The fraction of sp³-hybridized carbons (Fsp3) is 0.192. The maximum Gasteiger partial charge on any atom is 0.164 e. The van der Waals surface area contributed by atoms with Gasteiger partial charge >= 0.3 is 0 Å². The van der Waals surface area contributed by atoms with Gasteiger partial charge in [0.05, 0.1) is 12.6 Å². The number of pyridine rings is 1. The molecule has 0 radical (unpaired) electrons. The Bertz CT molecular complexity index is 1370. The van der Waals surface area contributed by atoms with Crippen LogP contribution in [-0.4, -0.2) is 33.4 Å². The molecule has 0 bridgehead atoms. The lowest BCUT2D eigenvalue weighted by Crippen LogP contribution is -2.18. The lowest BCUT2D eigenvalue weighted by Gasteiger charge is -2.23. The Kier molecular flexibility index (Phi) is 4.49. The van der Waals surface area contributed by atoms with E-state index in [4.69, 9.17) is 4.74 Å². The van der Waals surface area contributed by atoms with Crippen molar-refractivity contribution in [3.05, 3.63) is 85.0 Å². The molecule has 0 atom stereocenters. The number of hydrogen-bond acceptors (Lipinski definition) is 5. The smallest absolute Gasteiger partial charge is 0.164 e. The minimum atomic E-state index is 0.555. The number of aromatic nitrogens is 4. The van der Waals surface area contributed by atoms with Gasteiger partial charge in [0.25, 0.3) is 0 Å². The second-order valence-electron chi connectivity index (χ2n) is 8.25. The average molecular weight is 422 g/mol. The molecule has 0 N–H and O–H groups in total. The van der Waals surface area contributed by atoms with Crippen LogP contribution in [0.3, 0.4) is 0 Å². The maximum atomic E-state index is 5.36. The van der Waals surface area contributed by atoms with Crippen molar-refractivity contribution in [2.24, 2.45) is 0 Å². The monoisotopic (exact) mass is 421 g/mol. The van der Waals surface area contributed by atoms with E-state index < -0.39 is 0 Å². The average Bonchev–Trinajstić information content (AvgIpc) is 3.59. The molecule has 2 aromatic heterocycles. The van der Waals surface area contributed by atoms with Crippen LogP contribution in [0.1, 0.15) is 24.4 Å². The normalized spacial score (nSPS) is 15.8. The number of rotatable bonds is 5. The standard InChI is InChI=1S/C26H23N5O/c1-32-24-7-8-25-20(15-24)13-21(16-27-25)18-9-11-30(12-10-18)23-4-2-3-19(14-23)26-29-28-17-31(26)22-5-6-22/h2-4,7-11,13-17,22H,5-6,12H2,1H3. The lowest BCUT2D eigenvalue weighted by atomic mass is 10.0.